The van der Waals surface area contributed by atoms with Gasteiger partial charge in [0.15, 0.2) is 0 Å². The van der Waals surface area contributed by atoms with Crippen molar-refractivity contribution in [3.63, 3.8) is 0 Å². The maximum absolute atomic E-state index is 12.7. The number of benzene rings is 2. The largest absolute Gasteiger partial charge is 0.369 e. The first kappa shape index (κ1) is 20.8. The Balaban J connectivity index is 1.49. The quantitative estimate of drug-likeness (QED) is 0.555. The van der Waals surface area contributed by atoms with Gasteiger partial charge in [-0.1, -0.05) is 23.8 Å². The average Bonchev–Trinajstić information content (AvgIpc) is 2.70. The van der Waals surface area contributed by atoms with Crippen molar-refractivity contribution in [2.24, 2.45) is 0 Å². The standard InChI is InChI=1S/C22H28N4O3/c1-17-4-5-19(18(2)14-17)15-23(3)22(27)16-24-10-12-25(13-11-24)20-6-8-21(9-7-20)26(28)29/h4-9,14H,10-13,15-16H2,1-3H3. The highest BCUT2D eigenvalue weighted by molar-refractivity contribution is 5.78. The van der Waals surface area contributed by atoms with Crippen molar-refractivity contribution in [1.82, 2.24) is 9.80 Å². The Morgan fingerprint density at radius 1 is 1.07 bits per heavy atom. The van der Waals surface area contributed by atoms with Crippen LogP contribution in [0, 0.1) is 24.0 Å². The molecule has 1 aliphatic heterocycles. The predicted octanol–water partition coefficient (Wildman–Crippen LogP) is 2.99. The van der Waals surface area contributed by atoms with Gasteiger partial charge in [0.25, 0.3) is 5.69 Å². The molecule has 0 unspecified atom stereocenters. The van der Waals surface area contributed by atoms with E-state index >= 15 is 0 Å². The van der Waals surface area contributed by atoms with Crippen LogP contribution in [0.3, 0.4) is 0 Å². The molecule has 0 radical (unpaired) electrons. The van der Waals surface area contributed by atoms with Crippen molar-refractivity contribution in [3.05, 3.63) is 69.3 Å². The topological polar surface area (TPSA) is 69.9 Å². The molecule has 0 N–H and O–H groups in total. The molecule has 0 atom stereocenters. The van der Waals surface area contributed by atoms with Crippen LogP contribution in [0.15, 0.2) is 42.5 Å². The summed E-state index contributed by atoms with van der Waals surface area (Å²) in [6.45, 7) is 8.36. The molecule has 2 aromatic carbocycles. The average molecular weight is 396 g/mol. The van der Waals surface area contributed by atoms with Gasteiger partial charge in [-0.05, 0) is 37.1 Å². The number of nitro benzene ring substituents is 1. The van der Waals surface area contributed by atoms with E-state index in [1.807, 2.05) is 7.05 Å². The second-order valence-electron chi connectivity index (χ2n) is 7.72. The zero-order valence-electron chi connectivity index (χ0n) is 17.3. The third-order valence-electron chi connectivity index (χ3n) is 5.49. The molecule has 29 heavy (non-hydrogen) atoms. The molecular formula is C22H28N4O3. The molecule has 0 bridgehead atoms. The van der Waals surface area contributed by atoms with Gasteiger partial charge < -0.3 is 9.80 Å². The molecule has 0 aliphatic carbocycles. The minimum absolute atomic E-state index is 0.102. The van der Waals surface area contributed by atoms with Crippen LogP contribution in [0.5, 0.6) is 0 Å². The molecule has 2 aromatic rings. The summed E-state index contributed by atoms with van der Waals surface area (Å²) in [5.74, 6) is 0.119. The summed E-state index contributed by atoms with van der Waals surface area (Å²) < 4.78 is 0. The molecule has 154 valence electrons. The number of aryl methyl sites for hydroxylation is 2. The van der Waals surface area contributed by atoms with E-state index in [2.05, 4.69) is 41.8 Å². The van der Waals surface area contributed by atoms with Gasteiger partial charge in [-0.2, -0.15) is 0 Å². The number of amides is 1. The van der Waals surface area contributed by atoms with E-state index in [0.717, 1.165) is 31.9 Å². The molecule has 1 saturated heterocycles. The number of rotatable bonds is 6. The molecule has 0 saturated carbocycles. The SMILES string of the molecule is Cc1ccc(CN(C)C(=O)CN2CCN(c3ccc([N+](=O)[O-])cc3)CC2)c(C)c1. The van der Waals surface area contributed by atoms with Crippen LogP contribution in [0.2, 0.25) is 0 Å². The number of hydrogen-bond donors (Lipinski definition) is 0. The number of nitro groups is 1. The Morgan fingerprint density at radius 3 is 2.31 bits per heavy atom. The number of hydrogen-bond acceptors (Lipinski definition) is 5. The van der Waals surface area contributed by atoms with Gasteiger partial charge in [-0.3, -0.25) is 19.8 Å². The predicted molar refractivity (Wildman–Crippen MR) is 114 cm³/mol. The second kappa shape index (κ2) is 9.05. The molecule has 1 heterocycles. The van der Waals surface area contributed by atoms with E-state index in [9.17, 15) is 14.9 Å². The Bertz CT molecular complexity index is 874. The van der Waals surface area contributed by atoms with Crippen LogP contribution in [0.4, 0.5) is 11.4 Å². The van der Waals surface area contributed by atoms with Crippen molar-refractivity contribution >= 4 is 17.3 Å². The third kappa shape index (κ3) is 5.32. The monoisotopic (exact) mass is 396 g/mol. The number of nitrogens with zero attached hydrogens (tertiary/aromatic N) is 4. The van der Waals surface area contributed by atoms with E-state index in [4.69, 9.17) is 0 Å². The van der Waals surface area contributed by atoms with Crippen molar-refractivity contribution < 1.29 is 9.72 Å². The highest BCUT2D eigenvalue weighted by Gasteiger charge is 2.21. The second-order valence-corrected chi connectivity index (χ2v) is 7.72. The molecule has 3 rings (SSSR count). The fourth-order valence-electron chi connectivity index (χ4n) is 3.63. The van der Waals surface area contributed by atoms with Gasteiger partial charge in [-0.25, -0.2) is 0 Å². The number of likely N-dealkylation sites (N-methyl/N-ethyl adjacent to an activating group) is 1. The van der Waals surface area contributed by atoms with E-state index in [1.54, 1.807) is 17.0 Å². The van der Waals surface area contributed by atoms with Crippen LogP contribution >= 0.6 is 0 Å². The number of carbonyl (C=O) groups is 1. The first-order valence-corrected chi connectivity index (χ1v) is 9.85. The van der Waals surface area contributed by atoms with E-state index in [1.165, 1.54) is 28.8 Å². The molecule has 7 heteroatoms. The summed E-state index contributed by atoms with van der Waals surface area (Å²) >= 11 is 0. The maximum Gasteiger partial charge on any atom is 0.269 e. The van der Waals surface area contributed by atoms with Gasteiger partial charge in [0.1, 0.15) is 0 Å². The van der Waals surface area contributed by atoms with Crippen molar-refractivity contribution in [2.75, 3.05) is 44.7 Å². The molecule has 1 fully saturated rings. The summed E-state index contributed by atoms with van der Waals surface area (Å²) in [5.41, 5.74) is 4.69. The summed E-state index contributed by atoms with van der Waals surface area (Å²) in [7, 11) is 1.86. The highest BCUT2D eigenvalue weighted by Crippen LogP contribution is 2.20. The molecule has 0 spiro atoms. The third-order valence-corrected chi connectivity index (χ3v) is 5.49. The van der Waals surface area contributed by atoms with Gasteiger partial charge >= 0.3 is 0 Å². The number of non-ortho nitro benzene ring substituents is 1. The minimum atomic E-state index is -0.387. The van der Waals surface area contributed by atoms with Crippen molar-refractivity contribution in [3.8, 4) is 0 Å². The maximum atomic E-state index is 12.7. The molecule has 1 amide bonds. The van der Waals surface area contributed by atoms with Crippen LogP contribution in [0.1, 0.15) is 16.7 Å². The van der Waals surface area contributed by atoms with Gasteiger partial charge in [0.05, 0.1) is 11.5 Å². The molecular weight excluding hydrogens is 368 g/mol. The van der Waals surface area contributed by atoms with Crippen molar-refractivity contribution in [2.45, 2.75) is 20.4 Å². The zero-order chi connectivity index (χ0) is 21.0. The minimum Gasteiger partial charge on any atom is -0.369 e. The summed E-state index contributed by atoms with van der Waals surface area (Å²) in [4.78, 5) is 29.2. The smallest absolute Gasteiger partial charge is 0.269 e. The lowest BCUT2D eigenvalue weighted by Gasteiger charge is -2.36. The Kier molecular flexibility index (Phi) is 6.49. The molecule has 7 nitrogen and oxygen atoms in total. The highest BCUT2D eigenvalue weighted by atomic mass is 16.6. The van der Waals surface area contributed by atoms with Crippen LogP contribution in [-0.4, -0.2) is 60.4 Å². The Hall–Kier alpha value is -2.93. The first-order chi connectivity index (χ1) is 13.8. The van der Waals surface area contributed by atoms with Gasteiger partial charge in [0.2, 0.25) is 5.91 Å². The van der Waals surface area contributed by atoms with Crippen LogP contribution in [0.25, 0.3) is 0 Å². The Morgan fingerprint density at radius 2 is 1.72 bits per heavy atom. The van der Waals surface area contributed by atoms with E-state index in [-0.39, 0.29) is 16.5 Å². The summed E-state index contributed by atoms with van der Waals surface area (Å²) in [5, 5.41) is 10.8. The normalized spacial score (nSPS) is 14.7. The lowest BCUT2D eigenvalue weighted by molar-refractivity contribution is -0.384. The fourth-order valence-corrected chi connectivity index (χ4v) is 3.63. The van der Waals surface area contributed by atoms with Gasteiger partial charge in [0, 0.05) is 57.6 Å². The van der Waals surface area contributed by atoms with E-state index < -0.39 is 0 Å². The van der Waals surface area contributed by atoms with Crippen LogP contribution < -0.4 is 4.90 Å². The fraction of sp³-hybridized carbons (Fsp3) is 0.409. The molecule has 1 aliphatic rings. The zero-order valence-corrected chi connectivity index (χ0v) is 17.3. The van der Waals surface area contributed by atoms with E-state index in [0.29, 0.717) is 13.1 Å². The van der Waals surface area contributed by atoms with Crippen LogP contribution in [-0.2, 0) is 11.3 Å². The number of piperazine rings is 1. The van der Waals surface area contributed by atoms with Crippen molar-refractivity contribution in [1.29, 1.82) is 0 Å². The lowest BCUT2D eigenvalue weighted by Crippen LogP contribution is -2.49. The summed E-state index contributed by atoms with van der Waals surface area (Å²) in [6, 6.07) is 13.0. The first-order valence-electron chi connectivity index (χ1n) is 9.85. The molecule has 0 aromatic heterocycles. The summed E-state index contributed by atoms with van der Waals surface area (Å²) in [6.07, 6.45) is 0. The lowest BCUT2D eigenvalue weighted by atomic mass is 10.1. The van der Waals surface area contributed by atoms with Gasteiger partial charge in [-0.15, -0.1) is 0 Å². The number of anilines is 1. The number of carbonyl (C=O) groups excluding carboxylic acids is 1. The Labute approximate surface area is 171 Å².